The van der Waals surface area contributed by atoms with Gasteiger partial charge in [-0.1, -0.05) is 65.7 Å². The molecule has 0 bridgehead atoms. The second kappa shape index (κ2) is 14.7. The Morgan fingerprint density at radius 1 is 0.800 bits per heavy atom. The van der Waals surface area contributed by atoms with Crippen LogP contribution in [0.4, 0.5) is 4.79 Å². The molecule has 0 spiro atoms. The van der Waals surface area contributed by atoms with E-state index in [4.69, 9.17) is 9.47 Å². The van der Waals surface area contributed by atoms with E-state index in [0.717, 1.165) is 6.42 Å². The normalized spacial score (nSPS) is 12.2. The Balaban J connectivity index is 3.86. The number of hydrogen-bond donors (Lipinski definition) is 0. The minimum atomic E-state index is -0.499. The van der Waals surface area contributed by atoms with Gasteiger partial charge in [0.1, 0.15) is 0 Å². The van der Waals surface area contributed by atoms with Gasteiger partial charge in [-0.15, -0.1) is 0 Å². The van der Waals surface area contributed by atoms with Crippen molar-refractivity contribution in [3.8, 4) is 0 Å². The SMILES string of the molecule is CCCCCCC(CCCCC)COC(=O)OCCC. The van der Waals surface area contributed by atoms with Gasteiger partial charge in [0.05, 0.1) is 13.2 Å². The highest BCUT2D eigenvalue weighted by molar-refractivity contribution is 5.59. The minimum absolute atomic E-state index is 0.454. The van der Waals surface area contributed by atoms with E-state index in [9.17, 15) is 4.79 Å². The van der Waals surface area contributed by atoms with Crippen LogP contribution in [0.3, 0.4) is 0 Å². The molecule has 0 amide bonds. The molecular formula is C17H34O3. The molecule has 0 aliphatic carbocycles. The van der Waals surface area contributed by atoms with E-state index >= 15 is 0 Å². The van der Waals surface area contributed by atoms with Crippen molar-refractivity contribution in [1.82, 2.24) is 0 Å². The standard InChI is InChI=1S/C17H34O3/c1-4-7-9-11-13-16(12-10-8-5-2)15-20-17(18)19-14-6-3/h16H,4-15H2,1-3H3. The molecule has 0 radical (unpaired) electrons. The van der Waals surface area contributed by atoms with Gasteiger partial charge in [-0.2, -0.15) is 0 Å². The van der Waals surface area contributed by atoms with Gasteiger partial charge in [0.15, 0.2) is 0 Å². The Hall–Kier alpha value is -0.730. The van der Waals surface area contributed by atoms with Crippen molar-refractivity contribution in [2.24, 2.45) is 5.92 Å². The molecular weight excluding hydrogens is 252 g/mol. The van der Waals surface area contributed by atoms with E-state index in [-0.39, 0.29) is 0 Å². The fourth-order valence-corrected chi connectivity index (χ4v) is 2.27. The monoisotopic (exact) mass is 286 g/mol. The van der Waals surface area contributed by atoms with Crippen molar-refractivity contribution in [1.29, 1.82) is 0 Å². The molecule has 0 N–H and O–H groups in total. The maximum Gasteiger partial charge on any atom is 0.508 e. The topological polar surface area (TPSA) is 35.5 Å². The molecule has 1 unspecified atom stereocenters. The lowest BCUT2D eigenvalue weighted by Crippen LogP contribution is -2.16. The molecule has 3 nitrogen and oxygen atoms in total. The average Bonchev–Trinajstić information content (AvgIpc) is 2.46. The molecule has 120 valence electrons. The molecule has 0 aliphatic rings. The van der Waals surface area contributed by atoms with Crippen LogP contribution in [0, 0.1) is 5.92 Å². The van der Waals surface area contributed by atoms with Crippen LogP contribution >= 0.6 is 0 Å². The van der Waals surface area contributed by atoms with Crippen LogP contribution in [-0.4, -0.2) is 19.4 Å². The molecule has 0 fully saturated rings. The summed E-state index contributed by atoms with van der Waals surface area (Å²) in [4.78, 5) is 11.4. The van der Waals surface area contributed by atoms with E-state index in [2.05, 4.69) is 13.8 Å². The van der Waals surface area contributed by atoms with Crippen LogP contribution in [0.1, 0.15) is 85.0 Å². The molecule has 0 saturated heterocycles. The molecule has 20 heavy (non-hydrogen) atoms. The highest BCUT2D eigenvalue weighted by atomic mass is 16.7. The van der Waals surface area contributed by atoms with Crippen molar-refractivity contribution in [3.05, 3.63) is 0 Å². The summed E-state index contributed by atoms with van der Waals surface area (Å²) in [6.07, 6.45) is 11.5. The van der Waals surface area contributed by atoms with Crippen LogP contribution in [0.25, 0.3) is 0 Å². The first kappa shape index (κ1) is 19.3. The van der Waals surface area contributed by atoms with E-state index in [0.29, 0.717) is 19.1 Å². The molecule has 0 saturated carbocycles. The molecule has 1 atom stereocenters. The summed E-state index contributed by atoms with van der Waals surface area (Å²) in [6, 6.07) is 0. The van der Waals surface area contributed by atoms with E-state index in [1.54, 1.807) is 0 Å². The summed E-state index contributed by atoms with van der Waals surface area (Å²) in [5.41, 5.74) is 0. The maximum atomic E-state index is 11.4. The Bertz CT molecular complexity index is 216. The highest BCUT2D eigenvalue weighted by Crippen LogP contribution is 2.18. The van der Waals surface area contributed by atoms with Crippen molar-refractivity contribution in [2.45, 2.75) is 85.0 Å². The summed E-state index contributed by atoms with van der Waals surface area (Å²) in [5.74, 6) is 0.507. The van der Waals surface area contributed by atoms with Crippen molar-refractivity contribution in [2.75, 3.05) is 13.2 Å². The lowest BCUT2D eigenvalue weighted by atomic mass is 9.95. The van der Waals surface area contributed by atoms with Gasteiger partial charge in [0.2, 0.25) is 0 Å². The second-order valence-electron chi connectivity index (χ2n) is 5.62. The average molecular weight is 286 g/mol. The summed E-state index contributed by atoms with van der Waals surface area (Å²) >= 11 is 0. The first-order valence-corrected chi connectivity index (χ1v) is 8.54. The van der Waals surface area contributed by atoms with Gasteiger partial charge in [-0.05, 0) is 25.2 Å². The van der Waals surface area contributed by atoms with E-state index in [1.807, 2.05) is 6.92 Å². The van der Waals surface area contributed by atoms with E-state index in [1.165, 1.54) is 57.8 Å². The zero-order valence-corrected chi connectivity index (χ0v) is 13.8. The number of rotatable bonds is 13. The third-order valence-electron chi connectivity index (χ3n) is 3.54. The van der Waals surface area contributed by atoms with Crippen LogP contribution in [0.5, 0.6) is 0 Å². The third-order valence-corrected chi connectivity index (χ3v) is 3.54. The van der Waals surface area contributed by atoms with Crippen molar-refractivity contribution >= 4 is 6.16 Å². The molecule has 3 heteroatoms. The van der Waals surface area contributed by atoms with Gasteiger partial charge in [0, 0.05) is 0 Å². The Morgan fingerprint density at radius 3 is 2.00 bits per heavy atom. The molecule has 0 aromatic heterocycles. The maximum absolute atomic E-state index is 11.4. The molecule has 0 aromatic rings. The third kappa shape index (κ3) is 12.3. The predicted octanol–water partition coefficient (Wildman–Crippen LogP) is 5.72. The predicted molar refractivity (Wildman–Crippen MR) is 84.0 cm³/mol. The number of carbonyl (C=O) groups excluding carboxylic acids is 1. The Kier molecular flexibility index (Phi) is 14.1. The van der Waals surface area contributed by atoms with Crippen LogP contribution < -0.4 is 0 Å². The zero-order valence-electron chi connectivity index (χ0n) is 13.8. The lowest BCUT2D eigenvalue weighted by Gasteiger charge is -2.16. The Morgan fingerprint density at radius 2 is 1.40 bits per heavy atom. The zero-order chi connectivity index (χ0) is 15.1. The summed E-state index contributed by atoms with van der Waals surface area (Å²) in [7, 11) is 0. The smallest absolute Gasteiger partial charge is 0.434 e. The van der Waals surface area contributed by atoms with Gasteiger partial charge >= 0.3 is 6.16 Å². The molecule has 0 heterocycles. The first-order valence-electron chi connectivity index (χ1n) is 8.54. The lowest BCUT2D eigenvalue weighted by molar-refractivity contribution is 0.0417. The fraction of sp³-hybridized carbons (Fsp3) is 0.941. The summed E-state index contributed by atoms with van der Waals surface area (Å²) < 4.78 is 10.2. The Labute approximate surface area is 125 Å². The molecule has 0 rings (SSSR count). The first-order chi connectivity index (χ1) is 9.74. The van der Waals surface area contributed by atoms with Crippen molar-refractivity contribution in [3.63, 3.8) is 0 Å². The highest BCUT2D eigenvalue weighted by Gasteiger charge is 2.12. The van der Waals surface area contributed by atoms with Crippen LogP contribution in [0.2, 0.25) is 0 Å². The summed E-state index contributed by atoms with van der Waals surface area (Å²) in [5, 5.41) is 0. The van der Waals surface area contributed by atoms with Gasteiger partial charge in [-0.25, -0.2) is 4.79 Å². The summed E-state index contributed by atoms with van der Waals surface area (Å²) in [6.45, 7) is 7.41. The fourth-order valence-electron chi connectivity index (χ4n) is 2.27. The van der Waals surface area contributed by atoms with Gasteiger partial charge in [0.25, 0.3) is 0 Å². The van der Waals surface area contributed by atoms with Gasteiger partial charge in [-0.3, -0.25) is 0 Å². The second-order valence-corrected chi connectivity index (χ2v) is 5.62. The largest absolute Gasteiger partial charge is 0.508 e. The van der Waals surface area contributed by atoms with Crippen LogP contribution in [-0.2, 0) is 9.47 Å². The number of carbonyl (C=O) groups is 1. The van der Waals surface area contributed by atoms with Crippen molar-refractivity contribution < 1.29 is 14.3 Å². The number of hydrogen-bond acceptors (Lipinski definition) is 3. The molecule has 0 aliphatic heterocycles. The number of ether oxygens (including phenoxy) is 2. The quantitative estimate of drug-likeness (QED) is 0.321. The van der Waals surface area contributed by atoms with E-state index < -0.39 is 6.16 Å². The minimum Gasteiger partial charge on any atom is -0.434 e. The molecule has 0 aromatic carbocycles. The number of unbranched alkanes of at least 4 members (excludes halogenated alkanes) is 5. The van der Waals surface area contributed by atoms with Gasteiger partial charge < -0.3 is 9.47 Å². The van der Waals surface area contributed by atoms with Crippen LogP contribution in [0.15, 0.2) is 0 Å².